The maximum Gasteiger partial charge on any atom is 0.227 e. The molecule has 0 spiro atoms. The van der Waals surface area contributed by atoms with Gasteiger partial charge in [0.2, 0.25) is 11.8 Å². The fourth-order valence-corrected chi connectivity index (χ4v) is 3.22. The lowest BCUT2D eigenvalue weighted by atomic mass is 10.1. The summed E-state index contributed by atoms with van der Waals surface area (Å²) in [7, 11) is 0. The molecule has 0 saturated carbocycles. The number of carbonyl (C=O) groups is 2. The third-order valence-electron chi connectivity index (χ3n) is 4.53. The van der Waals surface area contributed by atoms with E-state index in [1.54, 1.807) is 18.2 Å². The van der Waals surface area contributed by atoms with Crippen molar-refractivity contribution < 1.29 is 18.7 Å². The first-order valence-electron chi connectivity index (χ1n) is 8.03. The van der Waals surface area contributed by atoms with Gasteiger partial charge >= 0.3 is 0 Å². The predicted octanol–water partition coefficient (Wildman–Crippen LogP) is 1.86. The molecule has 1 aromatic rings. The molecule has 5 nitrogen and oxygen atoms in total. The molecule has 0 aromatic heterocycles. The van der Waals surface area contributed by atoms with E-state index in [1.807, 2.05) is 6.92 Å². The molecule has 0 bridgehead atoms. The number of nitrogens with one attached hydrogen (secondary N) is 1. The van der Waals surface area contributed by atoms with E-state index in [-0.39, 0.29) is 42.6 Å². The minimum Gasteiger partial charge on any atom is -0.376 e. The van der Waals surface area contributed by atoms with Crippen LogP contribution in [0.1, 0.15) is 26.2 Å². The summed E-state index contributed by atoms with van der Waals surface area (Å²) in [5.74, 6) is -1.29. The Morgan fingerprint density at radius 2 is 2.22 bits per heavy atom. The molecule has 1 aromatic carbocycles. The van der Waals surface area contributed by atoms with E-state index in [0.29, 0.717) is 0 Å². The molecule has 124 valence electrons. The van der Waals surface area contributed by atoms with E-state index in [2.05, 4.69) is 5.32 Å². The van der Waals surface area contributed by atoms with Crippen LogP contribution < -0.4 is 10.2 Å². The van der Waals surface area contributed by atoms with E-state index in [1.165, 1.54) is 11.0 Å². The number of anilines is 1. The van der Waals surface area contributed by atoms with E-state index >= 15 is 0 Å². The van der Waals surface area contributed by atoms with Crippen molar-refractivity contribution in [2.75, 3.05) is 18.1 Å². The van der Waals surface area contributed by atoms with E-state index in [0.717, 1.165) is 19.4 Å². The molecular formula is C17H21FN2O3. The number of benzene rings is 1. The number of amides is 2. The number of nitrogens with zero attached hydrogens (tertiary/aromatic N) is 1. The van der Waals surface area contributed by atoms with Crippen molar-refractivity contribution >= 4 is 17.5 Å². The quantitative estimate of drug-likeness (QED) is 0.921. The molecule has 1 N–H and O–H groups in total. The fraction of sp³-hybridized carbons (Fsp3) is 0.529. The standard InChI is InChI=1S/C17H21FN2O3/c1-11(15-7-4-8-23-15)19-17(22)12-9-16(21)20(10-12)14-6-3-2-5-13(14)18/h2-3,5-6,11-12,15H,4,7-10H2,1H3,(H,19,22)/t11-,12+,15+/m0/s1. The average molecular weight is 320 g/mol. The SMILES string of the molecule is C[C@H](NC(=O)[C@@H]1CC(=O)N(c2ccccc2F)C1)[C@H]1CCCO1. The third-order valence-corrected chi connectivity index (χ3v) is 4.53. The highest BCUT2D eigenvalue weighted by Gasteiger charge is 2.37. The maximum absolute atomic E-state index is 13.8. The van der Waals surface area contributed by atoms with E-state index in [4.69, 9.17) is 4.74 Å². The van der Waals surface area contributed by atoms with Gasteiger partial charge in [-0.3, -0.25) is 9.59 Å². The molecule has 3 rings (SSSR count). The monoisotopic (exact) mass is 320 g/mol. The minimum absolute atomic E-state index is 0.0405. The highest BCUT2D eigenvalue weighted by molar-refractivity contribution is 6.00. The van der Waals surface area contributed by atoms with Crippen LogP contribution >= 0.6 is 0 Å². The molecule has 6 heteroatoms. The zero-order chi connectivity index (χ0) is 16.4. The Morgan fingerprint density at radius 1 is 1.43 bits per heavy atom. The first-order chi connectivity index (χ1) is 11.1. The number of ether oxygens (including phenoxy) is 1. The van der Waals surface area contributed by atoms with Gasteiger partial charge in [0, 0.05) is 19.6 Å². The van der Waals surface area contributed by atoms with E-state index < -0.39 is 11.7 Å². The second kappa shape index (κ2) is 6.66. The van der Waals surface area contributed by atoms with Gasteiger partial charge in [0.05, 0.1) is 23.8 Å². The lowest BCUT2D eigenvalue weighted by Crippen LogP contribution is -2.44. The summed E-state index contributed by atoms with van der Waals surface area (Å²) < 4.78 is 19.4. The molecule has 3 atom stereocenters. The summed E-state index contributed by atoms with van der Waals surface area (Å²) in [5, 5.41) is 2.93. The molecule has 2 amide bonds. The van der Waals surface area contributed by atoms with Crippen LogP contribution in [0, 0.1) is 11.7 Å². The van der Waals surface area contributed by atoms with Gasteiger partial charge in [-0.25, -0.2) is 4.39 Å². The Morgan fingerprint density at radius 3 is 2.91 bits per heavy atom. The van der Waals surface area contributed by atoms with Gasteiger partial charge in [-0.2, -0.15) is 0 Å². The summed E-state index contributed by atoms with van der Waals surface area (Å²) in [4.78, 5) is 25.9. The van der Waals surface area contributed by atoms with Crippen molar-refractivity contribution in [3.63, 3.8) is 0 Å². The van der Waals surface area contributed by atoms with Crippen LogP contribution in [0.5, 0.6) is 0 Å². The number of carbonyl (C=O) groups excluding carboxylic acids is 2. The molecule has 0 radical (unpaired) electrons. The number of rotatable bonds is 4. The van der Waals surface area contributed by atoms with Crippen LogP contribution in [0.4, 0.5) is 10.1 Å². The first-order valence-corrected chi connectivity index (χ1v) is 8.03. The molecule has 2 heterocycles. The molecule has 0 aliphatic carbocycles. The van der Waals surface area contributed by atoms with Crippen molar-refractivity contribution in [3.05, 3.63) is 30.1 Å². The Balaban J connectivity index is 1.62. The van der Waals surface area contributed by atoms with Crippen molar-refractivity contribution in [1.82, 2.24) is 5.32 Å². The normalized spacial score (nSPS) is 25.7. The van der Waals surface area contributed by atoms with Crippen LogP contribution in [0.3, 0.4) is 0 Å². The third kappa shape index (κ3) is 3.37. The van der Waals surface area contributed by atoms with Gasteiger partial charge < -0.3 is 15.0 Å². The van der Waals surface area contributed by atoms with Gasteiger partial charge in [-0.05, 0) is 31.9 Å². The van der Waals surface area contributed by atoms with Crippen LogP contribution in [-0.2, 0) is 14.3 Å². The second-order valence-electron chi connectivity index (χ2n) is 6.21. The van der Waals surface area contributed by atoms with Crippen LogP contribution in [0.15, 0.2) is 24.3 Å². The smallest absolute Gasteiger partial charge is 0.227 e. The summed E-state index contributed by atoms with van der Waals surface area (Å²) in [6.45, 7) is 2.86. The topological polar surface area (TPSA) is 58.6 Å². The maximum atomic E-state index is 13.8. The molecule has 2 aliphatic heterocycles. The van der Waals surface area contributed by atoms with Crippen LogP contribution in [0.25, 0.3) is 0 Å². The number of para-hydroxylation sites is 1. The first kappa shape index (κ1) is 15.9. The molecular weight excluding hydrogens is 299 g/mol. The van der Waals surface area contributed by atoms with Crippen molar-refractivity contribution in [2.24, 2.45) is 5.92 Å². The largest absolute Gasteiger partial charge is 0.376 e. The van der Waals surface area contributed by atoms with Crippen molar-refractivity contribution in [3.8, 4) is 0 Å². The molecule has 2 fully saturated rings. The van der Waals surface area contributed by atoms with Crippen LogP contribution in [-0.4, -0.2) is 37.1 Å². The highest BCUT2D eigenvalue weighted by atomic mass is 19.1. The number of halogens is 1. The van der Waals surface area contributed by atoms with E-state index in [9.17, 15) is 14.0 Å². The molecule has 23 heavy (non-hydrogen) atoms. The molecule has 2 aliphatic rings. The van der Waals surface area contributed by atoms with Gasteiger partial charge in [0.25, 0.3) is 0 Å². The fourth-order valence-electron chi connectivity index (χ4n) is 3.22. The van der Waals surface area contributed by atoms with Gasteiger partial charge in [-0.1, -0.05) is 12.1 Å². The zero-order valence-electron chi connectivity index (χ0n) is 13.1. The van der Waals surface area contributed by atoms with Gasteiger partial charge in [0.15, 0.2) is 0 Å². The van der Waals surface area contributed by atoms with Crippen molar-refractivity contribution in [1.29, 1.82) is 0 Å². The summed E-state index contributed by atoms with van der Waals surface area (Å²) in [6, 6.07) is 6.05. The number of hydrogen-bond acceptors (Lipinski definition) is 3. The summed E-state index contributed by atoms with van der Waals surface area (Å²) in [5.41, 5.74) is 0.236. The van der Waals surface area contributed by atoms with Gasteiger partial charge in [0.1, 0.15) is 5.82 Å². The minimum atomic E-state index is -0.453. The summed E-state index contributed by atoms with van der Waals surface area (Å²) >= 11 is 0. The molecule has 0 unspecified atom stereocenters. The second-order valence-corrected chi connectivity index (χ2v) is 6.21. The zero-order valence-corrected chi connectivity index (χ0v) is 13.1. The van der Waals surface area contributed by atoms with Gasteiger partial charge in [-0.15, -0.1) is 0 Å². The lowest BCUT2D eigenvalue weighted by Gasteiger charge is -2.22. The predicted molar refractivity (Wildman–Crippen MR) is 83.4 cm³/mol. The Bertz CT molecular complexity index is 601. The van der Waals surface area contributed by atoms with Crippen molar-refractivity contribution in [2.45, 2.75) is 38.3 Å². The molecule has 2 saturated heterocycles. The Labute approximate surface area is 134 Å². The Hall–Kier alpha value is -1.95. The van der Waals surface area contributed by atoms with Crippen LogP contribution in [0.2, 0.25) is 0 Å². The Kier molecular flexibility index (Phi) is 4.61. The average Bonchev–Trinajstić information content (AvgIpc) is 3.17. The summed E-state index contributed by atoms with van der Waals surface area (Å²) in [6.07, 6.45) is 2.09. The lowest BCUT2D eigenvalue weighted by molar-refractivity contribution is -0.127. The number of hydrogen-bond donors (Lipinski definition) is 1. The highest BCUT2D eigenvalue weighted by Crippen LogP contribution is 2.27.